The number of carbonyl (C=O) groups is 1. The molecule has 208 valence electrons. The third-order valence-corrected chi connectivity index (χ3v) is 6.46. The molecule has 0 bridgehead atoms. The van der Waals surface area contributed by atoms with Crippen LogP contribution in [0.3, 0.4) is 0 Å². The normalized spacial score (nSPS) is 11.2. The molecule has 4 rings (SSSR count). The van der Waals surface area contributed by atoms with E-state index >= 15 is 0 Å². The van der Waals surface area contributed by atoms with Crippen LogP contribution in [-0.4, -0.2) is 29.9 Å². The zero-order valence-electron chi connectivity index (χ0n) is 23.0. The molecular weight excluding hydrogens is 524 g/mol. The van der Waals surface area contributed by atoms with Gasteiger partial charge in [-0.25, -0.2) is 4.79 Å². The average Bonchev–Trinajstić information content (AvgIpc) is 2.97. The van der Waals surface area contributed by atoms with Gasteiger partial charge in [0.2, 0.25) is 0 Å². The molecule has 40 heavy (non-hydrogen) atoms. The van der Waals surface area contributed by atoms with Crippen molar-refractivity contribution in [2.75, 3.05) is 19.4 Å². The molecule has 0 aliphatic rings. The van der Waals surface area contributed by atoms with E-state index in [-0.39, 0.29) is 17.8 Å². The smallest absolute Gasteiger partial charge is 0.327 e. The Morgan fingerprint density at radius 2 is 1.70 bits per heavy atom. The highest BCUT2D eigenvalue weighted by atomic mass is 35.5. The second-order valence-corrected chi connectivity index (χ2v) is 9.39. The maximum Gasteiger partial charge on any atom is 0.327 e. The summed E-state index contributed by atoms with van der Waals surface area (Å²) in [6.07, 6.45) is 2.45. The number of hydrogen-bond donors (Lipinski definition) is 3. The number of halogens is 1. The van der Waals surface area contributed by atoms with Crippen LogP contribution in [0.1, 0.15) is 47.7 Å². The van der Waals surface area contributed by atoms with Crippen LogP contribution in [0.4, 0.5) is 5.69 Å². The molecule has 0 saturated carbocycles. The van der Waals surface area contributed by atoms with Gasteiger partial charge in [-0.05, 0) is 52.9 Å². The lowest BCUT2D eigenvalue weighted by atomic mass is 9.98. The van der Waals surface area contributed by atoms with Crippen molar-refractivity contribution in [3.05, 3.63) is 134 Å². The first-order valence-corrected chi connectivity index (χ1v) is 13.5. The number of methoxy groups -OCH3 is 1. The summed E-state index contributed by atoms with van der Waals surface area (Å²) in [5.74, 6) is -0.450. The van der Waals surface area contributed by atoms with E-state index in [9.17, 15) is 9.59 Å². The van der Waals surface area contributed by atoms with Crippen molar-refractivity contribution < 1.29 is 9.53 Å². The standard InChI is InChI=1S/C30H29ClN4O3.C2H6/c1-38-30(37)29(34-18-27(33)25-17-24(31)12-13-26(25)32)23-6-4-5-22(16-23)15-20-8-10-21(11-9-20)19-35-14-3-2-7-28(35)36;1-2/h2-14,16-17,29,33-34H,15,18-19,32H2,1H3;1-2H3. The van der Waals surface area contributed by atoms with E-state index < -0.39 is 12.0 Å². The van der Waals surface area contributed by atoms with Crippen LogP contribution in [-0.2, 0) is 22.5 Å². The molecule has 0 aliphatic carbocycles. The van der Waals surface area contributed by atoms with Crippen molar-refractivity contribution >= 4 is 29.0 Å². The van der Waals surface area contributed by atoms with Crippen molar-refractivity contribution in [1.82, 2.24) is 9.88 Å². The second-order valence-electron chi connectivity index (χ2n) is 8.95. The summed E-state index contributed by atoms with van der Waals surface area (Å²) in [6.45, 7) is 4.61. The highest BCUT2D eigenvalue weighted by molar-refractivity contribution is 6.31. The first-order valence-electron chi connectivity index (χ1n) is 13.1. The Balaban J connectivity index is 0.00000216. The third-order valence-electron chi connectivity index (χ3n) is 6.23. The summed E-state index contributed by atoms with van der Waals surface area (Å²) in [6, 6.07) is 25.2. The maximum absolute atomic E-state index is 12.6. The molecule has 1 atom stereocenters. The molecule has 4 aromatic rings. The van der Waals surface area contributed by atoms with E-state index in [1.54, 1.807) is 41.1 Å². The lowest BCUT2D eigenvalue weighted by Crippen LogP contribution is -2.34. The fourth-order valence-corrected chi connectivity index (χ4v) is 4.39. The number of nitrogen functional groups attached to an aromatic ring is 1. The highest BCUT2D eigenvalue weighted by Crippen LogP contribution is 2.21. The number of benzene rings is 3. The van der Waals surface area contributed by atoms with Crippen LogP contribution in [0.5, 0.6) is 0 Å². The number of carbonyl (C=O) groups excluding carboxylic acids is 1. The minimum Gasteiger partial charge on any atom is -0.468 e. The summed E-state index contributed by atoms with van der Waals surface area (Å²) < 4.78 is 6.70. The van der Waals surface area contributed by atoms with Gasteiger partial charge in [-0.15, -0.1) is 0 Å². The van der Waals surface area contributed by atoms with Crippen LogP contribution in [0.15, 0.2) is 95.9 Å². The second kappa shape index (κ2) is 14.8. The topological polar surface area (TPSA) is 110 Å². The zero-order chi connectivity index (χ0) is 29.1. The summed E-state index contributed by atoms with van der Waals surface area (Å²) in [5.41, 5.74) is 11.1. The number of rotatable bonds is 10. The number of aromatic nitrogens is 1. The van der Waals surface area contributed by atoms with Gasteiger partial charge in [-0.3, -0.25) is 10.1 Å². The molecule has 0 saturated heterocycles. The van der Waals surface area contributed by atoms with Gasteiger partial charge in [0.05, 0.1) is 19.4 Å². The van der Waals surface area contributed by atoms with Crippen molar-refractivity contribution in [3.63, 3.8) is 0 Å². The summed E-state index contributed by atoms with van der Waals surface area (Å²) in [4.78, 5) is 24.6. The minimum absolute atomic E-state index is 0.0340. The Kier molecular flexibility index (Phi) is 11.2. The summed E-state index contributed by atoms with van der Waals surface area (Å²) in [7, 11) is 1.34. The quantitative estimate of drug-likeness (QED) is 0.133. The number of nitrogens with two attached hydrogens (primary N) is 1. The lowest BCUT2D eigenvalue weighted by molar-refractivity contribution is -0.143. The van der Waals surface area contributed by atoms with E-state index in [0.29, 0.717) is 29.2 Å². The van der Waals surface area contributed by atoms with Gasteiger partial charge in [0.15, 0.2) is 0 Å². The number of nitrogens with one attached hydrogen (secondary N) is 2. The van der Waals surface area contributed by atoms with Crippen molar-refractivity contribution in [2.24, 2.45) is 0 Å². The van der Waals surface area contributed by atoms with E-state index in [4.69, 9.17) is 27.5 Å². The summed E-state index contributed by atoms with van der Waals surface area (Å²) >= 11 is 6.07. The molecule has 0 aliphatic heterocycles. The molecular formula is C32H35ClN4O3. The fourth-order valence-electron chi connectivity index (χ4n) is 4.21. The van der Waals surface area contributed by atoms with Gasteiger partial charge < -0.3 is 20.4 Å². The number of anilines is 1. The Morgan fingerprint density at radius 1 is 0.975 bits per heavy atom. The predicted octanol–water partition coefficient (Wildman–Crippen LogP) is 5.62. The molecule has 3 aromatic carbocycles. The molecule has 0 radical (unpaired) electrons. The number of nitrogens with zero attached hydrogens (tertiary/aromatic N) is 1. The molecule has 1 unspecified atom stereocenters. The van der Waals surface area contributed by atoms with Gasteiger partial charge in [0.1, 0.15) is 6.04 Å². The lowest BCUT2D eigenvalue weighted by Gasteiger charge is -2.19. The van der Waals surface area contributed by atoms with E-state index in [2.05, 4.69) is 5.32 Å². The maximum atomic E-state index is 12.6. The van der Waals surface area contributed by atoms with Gasteiger partial charge >= 0.3 is 5.97 Å². The first kappa shape index (κ1) is 30.3. The van der Waals surface area contributed by atoms with Crippen LogP contribution in [0, 0.1) is 5.41 Å². The van der Waals surface area contributed by atoms with E-state index in [1.165, 1.54) is 7.11 Å². The number of hydrogen-bond acceptors (Lipinski definition) is 6. The first-order chi connectivity index (χ1) is 19.3. The zero-order valence-corrected chi connectivity index (χ0v) is 23.7. The monoisotopic (exact) mass is 558 g/mol. The molecule has 0 spiro atoms. The Morgan fingerprint density at radius 3 is 2.40 bits per heavy atom. The largest absolute Gasteiger partial charge is 0.468 e. The number of ether oxygens (including phenoxy) is 1. The van der Waals surface area contributed by atoms with Crippen LogP contribution in [0.25, 0.3) is 0 Å². The molecule has 0 amide bonds. The molecule has 1 aromatic heterocycles. The Bertz CT molecular complexity index is 1500. The Labute approximate surface area is 240 Å². The summed E-state index contributed by atoms with van der Waals surface area (Å²) in [5, 5.41) is 12.1. The highest BCUT2D eigenvalue weighted by Gasteiger charge is 2.22. The molecule has 0 fully saturated rings. The number of pyridine rings is 1. The van der Waals surface area contributed by atoms with Crippen LogP contribution >= 0.6 is 11.6 Å². The SMILES string of the molecule is CC.COC(=O)C(NCC(=N)c1cc(Cl)ccc1N)c1cccc(Cc2ccc(Cn3ccccc3=O)cc2)c1. The fraction of sp³-hybridized carbons (Fsp3) is 0.219. The molecule has 8 heteroatoms. The van der Waals surface area contributed by atoms with Gasteiger partial charge in [0, 0.05) is 35.1 Å². The van der Waals surface area contributed by atoms with Gasteiger partial charge in [-0.1, -0.05) is 80.0 Å². The molecule has 1 heterocycles. The van der Waals surface area contributed by atoms with Crippen molar-refractivity contribution in [1.29, 1.82) is 5.41 Å². The van der Waals surface area contributed by atoms with Gasteiger partial charge in [-0.2, -0.15) is 0 Å². The van der Waals surface area contributed by atoms with Crippen molar-refractivity contribution in [3.8, 4) is 0 Å². The minimum atomic E-state index is -0.757. The van der Waals surface area contributed by atoms with E-state index in [1.807, 2.05) is 68.4 Å². The Hall–Kier alpha value is -4.20. The van der Waals surface area contributed by atoms with Gasteiger partial charge in [0.25, 0.3) is 5.56 Å². The molecule has 4 N–H and O–H groups in total. The average molecular weight is 559 g/mol. The predicted molar refractivity (Wildman–Crippen MR) is 162 cm³/mol. The third kappa shape index (κ3) is 8.15. The van der Waals surface area contributed by atoms with Crippen molar-refractivity contribution in [2.45, 2.75) is 32.9 Å². The molecule has 7 nitrogen and oxygen atoms in total. The van der Waals surface area contributed by atoms with Crippen LogP contribution < -0.4 is 16.6 Å². The number of esters is 1. The van der Waals surface area contributed by atoms with E-state index in [0.717, 1.165) is 22.3 Å². The van der Waals surface area contributed by atoms with Crippen LogP contribution in [0.2, 0.25) is 5.02 Å².